The van der Waals surface area contributed by atoms with Crippen molar-refractivity contribution in [2.45, 2.75) is 12.8 Å². The Morgan fingerprint density at radius 2 is 1.86 bits per heavy atom. The van der Waals surface area contributed by atoms with Crippen LogP contribution in [0.4, 0.5) is 13.2 Å². The van der Waals surface area contributed by atoms with Crippen molar-refractivity contribution in [3.63, 3.8) is 0 Å². The zero-order chi connectivity index (χ0) is 25.3. The third kappa shape index (κ3) is 4.57. The van der Waals surface area contributed by atoms with E-state index in [0.717, 1.165) is 19.3 Å². The van der Waals surface area contributed by atoms with Gasteiger partial charge in [0.05, 0.1) is 17.6 Å². The average molecular weight is 497 g/mol. The predicted octanol–water partition coefficient (Wildman–Crippen LogP) is 3.36. The molecule has 0 aliphatic carbocycles. The molecule has 1 saturated heterocycles. The van der Waals surface area contributed by atoms with Crippen LogP contribution in [-0.4, -0.2) is 51.8 Å². The molecule has 11 heteroatoms. The van der Waals surface area contributed by atoms with Crippen molar-refractivity contribution < 1.29 is 22.7 Å². The number of benzene rings is 2. The highest BCUT2D eigenvalue weighted by Gasteiger charge is 2.38. The van der Waals surface area contributed by atoms with Crippen LogP contribution in [0.5, 0.6) is 5.75 Å². The first-order chi connectivity index (χ1) is 17.3. The third-order valence-corrected chi connectivity index (χ3v) is 6.07. The number of piperazine rings is 1. The van der Waals surface area contributed by atoms with Crippen LogP contribution in [0.15, 0.2) is 65.7 Å². The van der Waals surface area contributed by atoms with E-state index in [1.54, 1.807) is 53.4 Å². The summed E-state index contributed by atoms with van der Waals surface area (Å²) in [4.78, 5) is 26.7. The van der Waals surface area contributed by atoms with E-state index in [-0.39, 0.29) is 12.5 Å². The van der Waals surface area contributed by atoms with Gasteiger partial charge in [-0.3, -0.25) is 9.59 Å². The van der Waals surface area contributed by atoms with Crippen molar-refractivity contribution in [2.75, 3.05) is 26.2 Å². The molecule has 0 radical (unpaired) electrons. The van der Waals surface area contributed by atoms with Crippen molar-refractivity contribution in [1.82, 2.24) is 25.0 Å². The number of halogens is 3. The average Bonchev–Trinajstić information content (AvgIpc) is 3.25. The third-order valence-electron chi connectivity index (χ3n) is 6.07. The molecule has 0 unspecified atom stereocenters. The van der Waals surface area contributed by atoms with Gasteiger partial charge in [-0.05, 0) is 18.2 Å². The number of H-pyrrole nitrogens is 1. The van der Waals surface area contributed by atoms with Gasteiger partial charge in [-0.25, -0.2) is 5.10 Å². The Morgan fingerprint density at radius 3 is 2.64 bits per heavy atom. The lowest BCUT2D eigenvalue weighted by atomic mass is 10.1. The molecule has 186 valence electrons. The number of aromatic amines is 1. The summed E-state index contributed by atoms with van der Waals surface area (Å²) in [5.41, 5.74) is -2.20. The highest BCUT2D eigenvalue weighted by molar-refractivity contribution is 5.94. The maximum atomic E-state index is 13.8. The number of nitrogens with zero attached hydrogens (tertiary/aromatic N) is 3. The van der Waals surface area contributed by atoms with E-state index in [1.165, 1.54) is 10.8 Å². The van der Waals surface area contributed by atoms with E-state index in [2.05, 4.69) is 10.4 Å². The quantitative estimate of drug-likeness (QED) is 0.441. The second-order valence-electron chi connectivity index (χ2n) is 8.35. The fourth-order valence-corrected chi connectivity index (χ4v) is 4.35. The van der Waals surface area contributed by atoms with Crippen molar-refractivity contribution in [1.29, 1.82) is 0 Å². The van der Waals surface area contributed by atoms with Crippen molar-refractivity contribution >= 4 is 16.7 Å². The maximum Gasteiger partial charge on any atom is 0.423 e. The Bertz CT molecular complexity index is 1470. The van der Waals surface area contributed by atoms with E-state index in [0.29, 0.717) is 40.9 Å². The molecule has 0 atom stereocenters. The number of carbonyl (C=O) groups is 1. The lowest BCUT2D eigenvalue weighted by Gasteiger charge is -2.27. The summed E-state index contributed by atoms with van der Waals surface area (Å²) in [7, 11) is 0. The minimum atomic E-state index is -4.89. The van der Waals surface area contributed by atoms with Gasteiger partial charge in [-0.1, -0.05) is 30.3 Å². The number of amides is 1. The molecule has 2 aromatic carbocycles. The number of alkyl halides is 3. The number of hydrogen-bond donors (Lipinski definition) is 2. The molecular formula is C25H22F3N5O3. The summed E-state index contributed by atoms with van der Waals surface area (Å²) < 4.78 is 48.6. The van der Waals surface area contributed by atoms with Crippen LogP contribution < -0.4 is 15.6 Å². The molecule has 1 amide bonds. The van der Waals surface area contributed by atoms with E-state index >= 15 is 0 Å². The van der Waals surface area contributed by atoms with Crippen molar-refractivity contribution in [3.05, 3.63) is 88.1 Å². The zero-order valence-electron chi connectivity index (χ0n) is 19.0. The summed E-state index contributed by atoms with van der Waals surface area (Å²) >= 11 is 0. The van der Waals surface area contributed by atoms with Crippen molar-refractivity contribution in [3.8, 4) is 11.4 Å². The Hall–Kier alpha value is -4.12. The first-order valence-corrected chi connectivity index (χ1v) is 11.3. The molecular weight excluding hydrogens is 475 g/mol. The number of nitrogens with one attached hydrogen (secondary N) is 2. The lowest BCUT2D eigenvalue weighted by Crippen LogP contribution is -2.46. The van der Waals surface area contributed by atoms with E-state index < -0.39 is 23.0 Å². The molecule has 0 bridgehead atoms. The maximum absolute atomic E-state index is 13.8. The van der Waals surface area contributed by atoms with Gasteiger partial charge in [0.15, 0.2) is 0 Å². The molecule has 2 aromatic heterocycles. The van der Waals surface area contributed by atoms with Gasteiger partial charge in [0.2, 0.25) is 0 Å². The summed E-state index contributed by atoms with van der Waals surface area (Å²) in [6.45, 7) is 2.56. The molecule has 1 aliphatic heterocycles. The predicted molar refractivity (Wildman–Crippen MR) is 126 cm³/mol. The molecule has 0 saturated carbocycles. The molecule has 36 heavy (non-hydrogen) atoms. The normalized spacial score (nSPS) is 14.2. The second kappa shape index (κ2) is 9.50. The van der Waals surface area contributed by atoms with Crippen LogP contribution in [-0.2, 0) is 12.8 Å². The van der Waals surface area contributed by atoms with Crippen LogP contribution in [0.2, 0.25) is 0 Å². The lowest BCUT2D eigenvalue weighted by molar-refractivity contribution is -0.138. The number of rotatable bonds is 5. The second-order valence-corrected chi connectivity index (χ2v) is 8.35. The molecule has 5 rings (SSSR count). The van der Waals surface area contributed by atoms with E-state index in [1.807, 2.05) is 5.10 Å². The Labute approximate surface area is 203 Å². The molecule has 2 N–H and O–H groups in total. The molecule has 3 heterocycles. The Balaban J connectivity index is 1.50. The smallest absolute Gasteiger partial charge is 0.423 e. The Morgan fingerprint density at radius 1 is 1.08 bits per heavy atom. The largest absolute Gasteiger partial charge is 0.487 e. The number of carbonyl (C=O) groups excluding carboxylic acids is 1. The number of ether oxygens (including phenoxy) is 1. The number of fused-ring (bicyclic) bond motifs is 1. The highest BCUT2D eigenvalue weighted by atomic mass is 19.4. The summed E-state index contributed by atoms with van der Waals surface area (Å²) in [6.07, 6.45) is -2.40. The SMILES string of the molecule is O=C(c1cccc(OCc2c3ccccc3cn2-c2cn[nH]c(=O)c2C(F)(F)F)c1)N1CCNCC1. The molecule has 8 nitrogen and oxygen atoms in total. The first kappa shape index (κ1) is 23.6. The van der Waals surface area contributed by atoms with Crippen LogP contribution in [0.3, 0.4) is 0 Å². The topological polar surface area (TPSA) is 92.2 Å². The fraction of sp³-hybridized carbons (Fsp3) is 0.240. The van der Waals surface area contributed by atoms with Gasteiger partial charge in [0.1, 0.15) is 17.9 Å². The number of hydrogen-bond acceptors (Lipinski definition) is 5. The monoisotopic (exact) mass is 497 g/mol. The molecule has 1 aliphatic rings. The Kier molecular flexibility index (Phi) is 6.23. The van der Waals surface area contributed by atoms with Gasteiger partial charge in [-0.2, -0.15) is 18.3 Å². The van der Waals surface area contributed by atoms with Crippen molar-refractivity contribution in [2.24, 2.45) is 0 Å². The molecule has 0 spiro atoms. The summed E-state index contributed by atoms with van der Waals surface area (Å²) in [5.74, 6) is 0.285. The first-order valence-electron chi connectivity index (χ1n) is 11.3. The number of aromatic nitrogens is 3. The van der Waals surface area contributed by atoms with Gasteiger partial charge in [0.25, 0.3) is 11.5 Å². The minimum absolute atomic E-state index is 0.108. The van der Waals surface area contributed by atoms with Crippen LogP contribution >= 0.6 is 0 Å². The van der Waals surface area contributed by atoms with E-state index in [9.17, 15) is 22.8 Å². The fourth-order valence-electron chi connectivity index (χ4n) is 4.35. The van der Waals surface area contributed by atoms with Crippen LogP contribution in [0.1, 0.15) is 21.6 Å². The van der Waals surface area contributed by atoms with Gasteiger partial charge in [-0.15, -0.1) is 0 Å². The highest BCUT2D eigenvalue weighted by Crippen LogP contribution is 2.33. The van der Waals surface area contributed by atoms with Crippen LogP contribution in [0.25, 0.3) is 16.5 Å². The molecule has 4 aromatic rings. The molecule has 1 fully saturated rings. The van der Waals surface area contributed by atoms with Gasteiger partial charge < -0.3 is 19.5 Å². The minimum Gasteiger partial charge on any atom is -0.487 e. The summed E-state index contributed by atoms with van der Waals surface area (Å²) in [5, 5.41) is 10.00. The van der Waals surface area contributed by atoms with E-state index in [4.69, 9.17) is 4.74 Å². The zero-order valence-corrected chi connectivity index (χ0v) is 19.0. The van der Waals surface area contributed by atoms with Gasteiger partial charge in [0, 0.05) is 48.7 Å². The van der Waals surface area contributed by atoms with Gasteiger partial charge >= 0.3 is 6.18 Å². The summed E-state index contributed by atoms with van der Waals surface area (Å²) in [6, 6.07) is 13.8. The standard InChI is InChI=1S/C25H22F3N5O3/c26-25(27,28)22-20(13-30-31-23(22)34)33-14-17-4-1-2-7-19(17)21(33)15-36-18-6-3-5-16(12-18)24(35)32-10-8-29-9-11-32/h1-7,12-14,29H,8-11,15H2,(H,31,34). The van der Waals surface area contributed by atoms with Crippen LogP contribution in [0, 0.1) is 0 Å².